The zero-order chi connectivity index (χ0) is 13.1. The van der Waals surface area contributed by atoms with Gasteiger partial charge < -0.3 is 5.73 Å². The van der Waals surface area contributed by atoms with Crippen molar-refractivity contribution >= 4 is 22.1 Å². The van der Waals surface area contributed by atoms with E-state index < -0.39 is 0 Å². The van der Waals surface area contributed by atoms with Crippen molar-refractivity contribution in [1.82, 2.24) is 4.98 Å². The average Bonchev–Trinajstić information content (AvgIpc) is 2.97. The van der Waals surface area contributed by atoms with Crippen molar-refractivity contribution in [3.63, 3.8) is 0 Å². The minimum atomic E-state index is -0.00630. The molecule has 0 amide bonds. The fourth-order valence-corrected chi connectivity index (χ4v) is 3.05. The van der Waals surface area contributed by atoms with Gasteiger partial charge in [0.2, 0.25) is 0 Å². The van der Waals surface area contributed by atoms with Crippen LogP contribution in [0.25, 0.3) is 10.8 Å². The summed E-state index contributed by atoms with van der Waals surface area (Å²) in [6, 6.07) is 14.6. The number of benzene rings is 1. The van der Waals surface area contributed by atoms with Crippen LogP contribution < -0.4 is 5.73 Å². The van der Waals surface area contributed by atoms with E-state index in [1.165, 1.54) is 15.6 Å². The predicted octanol–water partition coefficient (Wildman–Crippen LogP) is 3.93. The molecule has 3 aromatic rings. The van der Waals surface area contributed by atoms with E-state index in [0.717, 1.165) is 18.5 Å². The fourth-order valence-electron chi connectivity index (χ4n) is 2.33. The Hall–Kier alpha value is -1.71. The molecule has 0 aliphatic rings. The van der Waals surface area contributed by atoms with Crippen LogP contribution in [0.3, 0.4) is 0 Å². The highest BCUT2D eigenvalue weighted by Crippen LogP contribution is 2.24. The van der Waals surface area contributed by atoms with Crippen LogP contribution in [0, 0.1) is 0 Å². The van der Waals surface area contributed by atoms with Gasteiger partial charge >= 0.3 is 0 Å². The summed E-state index contributed by atoms with van der Waals surface area (Å²) in [5, 5.41) is 4.49. The van der Waals surface area contributed by atoms with Crippen molar-refractivity contribution in [2.45, 2.75) is 18.9 Å². The Bertz CT molecular complexity index is 656. The molecule has 96 valence electrons. The molecule has 2 aromatic heterocycles. The van der Waals surface area contributed by atoms with Crippen LogP contribution in [-0.4, -0.2) is 4.98 Å². The van der Waals surface area contributed by atoms with Gasteiger partial charge in [0.1, 0.15) is 0 Å². The topological polar surface area (TPSA) is 38.9 Å². The Balaban J connectivity index is 1.83. The molecule has 0 radical (unpaired) electrons. The molecule has 0 fully saturated rings. The molecule has 0 saturated heterocycles. The Kier molecular flexibility index (Phi) is 3.58. The molecule has 0 spiro atoms. The number of hydrogen-bond acceptors (Lipinski definition) is 3. The van der Waals surface area contributed by atoms with Crippen LogP contribution in [0.4, 0.5) is 0 Å². The van der Waals surface area contributed by atoms with Gasteiger partial charge in [-0.05, 0) is 35.7 Å². The maximum absolute atomic E-state index is 6.32. The molecule has 0 aliphatic carbocycles. The maximum Gasteiger partial charge on any atom is 0.0649 e. The highest BCUT2D eigenvalue weighted by Gasteiger charge is 2.11. The van der Waals surface area contributed by atoms with Gasteiger partial charge in [-0.1, -0.05) is 30.3 Å². The lowest BCUT2D eigenvalue weighted by atomic mass is 10.0. The highest BCUT2D eigenvalue weighted by atomic mass is 32.1. The number of pyridine rings is 1. The Morgan fingerprint density at radius 1 is 1.11 bits per heavy atom. The van der Waals surface area contributed by atoms with E-state index in [1.807, 2.05) is 24.4 Å². The smallest absolute Gasteiger partial charge is 0.0649 e. The van der Waals surface area contributed by atoms with Crippen molar-refractivity contribution in [1.29, 1.82) is 0 Å². The molecule has 2 nitrogen and oxygen atoms in total. The standard InChI is InChI=1S/C16H16N2S/c17-15(8-7-13-5-3-11-19-13)16-14-6-2-1-4-12(14)9-10-18-16/h1-6,9-11,15H,7-8,17H2. The summed E-state index contributed by atoms with van der Waals surface area (Å²) in [5.41, 5.74) is 7.33. The number of thiophene rings is 1. The van der Waals surface area contributed by atoms with Gasteiger partial charge in [0.05, 0.1) is 5.69 Å². The van der Waals surface area contributed by atoms with Gasteiger partial charge in [0.25, 0.3) is 0 Å². The van der Waals surface area contributed by atoms with Gasteiger partial charge in [-0.3, -0.25) is 4.98 Å². The van der Waals surface area contributed by atoms with Crippen LogP contribution in [0.1, 0.15) is 23.0 Å². The molecule has 1 unspecified atom stereocenters. The number of nitrogens with two attached hydrogens (primary N) is 1. The number of nitrogens with zero attached hydrogens (tertiary/aromatic N) is 1. The lowest BCUT2D eigenvalue weighted by Crippen LogP contribution is -2.13. The van der Waals surface area contributed by atoms with Crippen LogP contribution in [0.15, 0.2) is 54.0 Å². The number of hydrogen-bond donors (Lipinski definition) is 1. The molecule has 0 saturated carbocycles. The number of aryl methyl sites for hydroxylation is 1. The fraction of sp³-hybridized carbons (Fsp3) is 0.188. The second kappa shape index (κ2) is 5.51. The van der Waals surface area contributed by atoms with Crippen molar-refractivity contribution in [2.75, 3.05) is 0 Å². The van der Waals surface area contributed by atoms with Gasteiger partial charge in [-0.2, -0.15) is 0 Å². The lowest BCUT2D eigenvalue weighted by molar-refractivity contribution is 0.642. The normalized spacial score (nSPS) is 12.7. The SMILES string of the molecule is NC(CCc1cccs1)c1nccc2ccccc12. The summed E-state index contributed by atoms with van der Waals surface area (Å²) in [5.74, 6) is 0. The third kappa shape index (κ3) is 2.67. The first-order chi connectivity index (χ1) is 9.34. The van der Waals surface area contributed by atoms with E-state index in [0.29, 0.717) is 0 Å². The van der Waals surface area contributed by atoms with Gasteiger partial charge in [0, 0.05) is 22.5 Å². The number of aromatic nitrogens is 1. The minimum Gasteiger partial charge on any atom is -0.323 e. The summed E-state index contributed by atoms with van der Waals surface area (Å²) in [6.07, 6.45) is 3.80. The molecule has 0 bridgehead atoms. The molecule has 0 aliphatic heterocycles. The first-order valence-electron chi connectivity index (χ1n) is 6.46. The largest absolute Gasteiger partial charge is 0.323 e. The van der Waals surface area contributed by atoms with E-state index in [2.05, 4.69) is 34.6 Å². The molecule has 3 rings (SSSR count). The monoisotopic (exact) mass is 268 g/mol. The van der Waals surface area contributed by atoms with Crippen LogP contribution in [0.2, 0.25) is 0 Å². The Labute approximate surface area is 116 Å². The first kappa shape index (κ1) is 12.3. The zero-order valence-electron chi connectivity index (χ0n) is 10.6. The van der Waals surface area contributed by atoms with Gasteiger partial charge in [0.15, 0.2) is 0 Å². The quantitative estimate of drug-likeness (QED) is 0.778. The third-order valence-corrected chi connectivity index (χ3v) is 4.27. The highest BCUT2D eigenvalue weighted by molar-refractivity contribution is 7.09. The van der Waals surface area contributed by atoms with Crippen molar-refractivity contribution in [3.05, 3.63) is 64.6 Å². The molecule has 1 aromatic carbocycles. The summed E-state index contributed by atoms with van der Waals surface area (Å²) >= 11 is 1.79. The van der Waals surface area contributed by atoms with Gasteiger partial charge in [-0.25, -0.2) is 0 Å². The van der Waals surface area contributed by atoms with Crippen LogP contribution >= 0.6 is 11.3 Å². The molecule has 2 N–H and O–H groups in total. The molecule has 1 atom stereocenters. The van der Waals surface area contributed by atoms with Crippen molar-refractivity contribution in [3.8, 4) is 0 Å². The molecular formula is C16H16N2S. The Morgan fingerprint density at radius 3 is 2.84 bits per heavy atom. The van der Waals surface area contributed by atoms with E-state index in [-0.39, 0.29) is 6.04 Å². The van der Waals surface area contributed by atoms with E-state index >= 15 is 0 Å². The van der Waals surface area contributed by atoms with Crippen LogP contribution in [-0.2, 0) is 6.42 Å². The summed E-state index contributed by atoms with van der Waals surface area (Å²) < 4.78 is 0. The molecule has 3 heteroatoms. The van der Waals surface area contributed by atoms with E-state index in [4.69, 9.17) is 5.73 Å². The average molecular weight is 268 g/mol. The summed E-state index contributed by atoms with van der Waals surface area (Å²) in [4.78, 5) is 5.87. The molecular weight excluding hydrogens is 252 g/mol. The maximum atomic E-state index is 6.32. The second-order valence-corrected chi connectivity index (χ2v) is 5.67. The Morgan fingerprint density at radius 2 is 2.00 bits per heavy atom. The summed E-state index contributed by atoms with van der Waals surface area (Å²) in [6.45, 7) is 0. The first-order valence-corrected chi connectivity index (χ1v) is 7.34. The van der Waals surface area contributed by atoms with Crippen molar-refractivity contribution < 1.29 is 0 Å². The second-order valence-electron chi connectivity index (χ2n) is 4.64. The summed E-state index contributed by atoms with van der Waals surface area (Å²) in [7, 11) is 0. The van der Waals surface area contributed by atoms with Crippen LogP contribution in [0.5, 0.6) is 0 Å². The van der Waals surface area contributed by atoms with Crippen molar-refractivity contribution in [2.24, 2.45) is 5.73 Å². The van der Waals surface area contributed by atoms with E-state index in [1.54, 1.807) is 11.3 Å². The number of rotatable bonds is 4. The van der Waals surface area contributed by atoms with E-state index in [9.17, 15) is 0 Å². The molecule has 2 heterocycles. The third-order valence-electron chi connectivity index (χ3n) is 3.34. The zero-order valence-corrected chi connectivity index (χ0v) is 11.4. The van der Waals surface area contributed by atoms with Gasteiger partial charge in [-0.15, -0.1) is 11.3 Å². The number of fused-ring (bicyclic) bond motifs is 1. The lowest BCUT2D eigenvalue weighted by Gasteiger charge is -2.13. The predicted molar refractivity (Wildman–Crippen MR) is 81.3 cm³/mol. The molecule has 19 heavy (non-hydrogen) atoms. The minimum absolute atomic E-state index is 0.00630.